The Balaban J connectivity index is 0.00000225. The van der Waals surface area contributed by atoms with Crippen molar-refractivity contribution in [3.05, 3.63) is 113 Å². The van der Waals surface area contributed by atoms with Gasteiger partial charge < -0.3 is 39.2 Å². The van der Waals surface area contributed by atoms with Gasteiger partial charge in [-0.05, 0) is 80.2 Å². The lowest BCUT2D eigenvalue weighted by molar-refractivity contribution is -0.940. The maximum atomic E-state index is 14.7. The van der Waals surface area contributed by atoms with Crippen molar-refractivity contribution in [1.29, 1.82) is 0 Å². The number of epoxide rings is 1. The van der Waals surface area contributed by atoms with Crippen LogP contribution < -0.4 is 20.7 Å². The Morgan fingerprint density at radius 1 is 0.800 bits per heavy atom. The summed E-state index contributed by atoms with van der Waals surface area (Å²) in [6.45, 7) is 15.6. The summed E-state index contributed by atoms with van der Waals surface area (Å²) in [6.07, 6.45) is 3.83. The van der Waals surface area contributed by atoms with Crippen LogP contribution in [-0.4, -0.2) is 137 Å². The number of aromatic nitrogens is 3. The smallest absolute Gasteiger partial charge is 0.313 e. The summed E-state index contributed by atoms with van der Waals surface area (Å²) in [6, 6.07) is 22.5. The topological polar surface area (TPSA) is 274 Å². The summed E-state index contributed by atoms with van der Waals surface area (Å²) in [4.78, 5) is 98.4. The van der Waals surface area contributed by atoms with Crippen molar-refractivity contribution >= 4 is 51.2 Å². The number of morpholine rings is 1. The van der Waals surface area contributed by atoms with Crippen LogP contribution in [0.1, 0.15) is 113 Å². The summed E-state index contributed by atoms with van der Waals surface area (Å²) >= 11 is 0. The second-order valence-electron chi connectivity index (χ2n) is 22.7. The van der Waals surface area contributed by atoms with Gasteiger partial charge in [-0.15, -0.1) is 5.10 Å². The Kier molecular flexibility index (Phi) is 24.0. The van der Waals surface area contributed by atoms with E-state index in [-0.39, 0.29) is 79.5 Å². The zero-order chi connectivity index (χ0) is 58.8. The van der Waals surface area contributed by atoms with E-state index in [1.54, 1.807) is 52.2 Å². The van der Waals surface area contributed by atoms with Crippen molar-refractivity contribution in [2.75, 3.05) is 45.7 Å². The number of hydrogen-bond acceptors (Lipinski definition) is 15. The molecule has 0 saturated carbocycles. The van der Waals surface area contributed by atoms with Gasteiger partial charge in [0.25, 0.3) is 5.91 Å². The fourth-order valence-corrected chi connectivity index (χ4v) is 9.61. The molecule has 0 bridgehead atoms. The number of esters is 1. The number of Topliss-reactive ketones (excluding diaryl/α,β-unsaturated/α-hetero) is 3. The molecule has 0 spiro atoms. The molecule has 4 aromatic rings. The minimum absolute atomic E-state index is 0.0101. The monoisotopic (exact) mass is 1130 g/mol. The van der Waals surface area contributed by atoms with Crippen LogP contribution in [0.4, 0.5) is 0 Å². The highest BCUT2D eigenvalue weighted by atomic mass is 32.2. The summed E-state index contributed by atoms with van der Waals surface area (Å²) < 4.78 is 46.0. The molecule has 2 aliphatic rings. The second-order valence-corrected chi connectivity index (χ2v) is 24.1. The normalized spacial score (nSPS) is 17.3. The van der Waals surface area contributed by atoms with Crippen LogP contribution in [0.25, 0.3) is 0 Å². The lowest BCUT2D eigenvalue weighted by atomic mass is 9.87. The van der Waals surface area contributed by atoms with E-state index in [4.69, 9.17) is 27.2 Å². The molecule has 5 atom stereocenters. The van der Waals surface area contributed by atoms with Gasteiger partial charge in [0.1, 0.15) is 43.2 Å². The van der Waals surface area contributed by atoms with Crippen molar-refractivity contribution in [3.63, 3.8) is 0 Å². The number of ketones is 3. The van der Waals surface area contributed by atoms with Gasteiger partial charge in [0.2, 0.25) is 11.8 Å². The Hall–Kier alpha value is -6.52. The first-order valence-corrected chi connectivity index (χ1v) is 29.3. The average molecular weight is 1130 g/mol. The first kappa shape index (κ1) is 64.3. The molecule has 2 aliphatic heterocycles. The molecule has 0 unspecified atom stereocenters. The number of amides is 3. The van der Waals surface area contributed by atoms with E-state index in [9.17, 15) is 33.6 Å². The first-order valence-electron chi connectivity index (χ1n) is 27.4. The van der Waals surface area contributed by atoms with Gasteiger partial charge in [-0.3, -0.25) is 38.2 Å². The van der Waals surface area contributed by atoms with Gasteiger partial charge in [0, 0.05) is 49.7 Å². The first-order chi connectivity index (χ1) is 37.7. The number of aryl methyl sites for hydroxylation is 2. The van der Waals surface area contributed by atoms with Gasteiger partial charge >= 0.3 is 5.97 Å². The van der Waals surface area contributed by atoms with Crippen molar-refractivity contribution in [3.8, 4) is 5.75 Å². The molecule has 2 fully saturated rings. The number of hydrogen-bond donors (Lipinski definition) is 3. The summed E-state index contributed by atoms with van der Waals surface area (Å²) in [7, 11) is -2.19. The van der Waals surface area contributed by atoms with Gasteiger partial charge in [-0.1, -0.05) is 107 Å². The highest BCUT2D eigenvalue weighted by molar-refractivity contribution is 7.84. The van der Waals surface area contributed by atoms with E-state index >= 15 is 0 Å². The number of quaternary nitrogens is 1. The molecule has 2 saturated heterocycles. The number of carbonyl (C=O) groups is 7. The maximum absolute atomic E-state index is 14.7. The molecule has 6 rings (SSSR count). The van der Waals surface area contributed by atoms with Crippen LogP contribution >= 0.6 is 0 Å². The molecular formula is C59H81N7O13S. The van der Waals surface area contributed by atoms with Crippen LogP contribution in [0.5, 0.6) is 5.75 Å². The van der Waals surface area contributed by atoms with Gasteiger partial charge in [-0.25, -0.2) is 8.42 Å². The van der Waals surface area contributed by atoms with Crippen LogP contribution in [-0.2, 0) is 81.3 Å². The minimum Gasteiger partial charge on any atom is -0.748 e. The van der Waals surface area contributed by atoms with Gasteiger partial charge in [0.15, 0.2) is 17.3 Å². The van der Waals surface area contributed by atoms with E-state index in [0.29, 0.717) is 75.0 Å². The number of nitrogens with one attached hydrogen (secondary N) is 3. The quantitative estimate of drug-likeness (QED) is 0.0206. The molecule has 3 N–H and O–H groups in total. The number of carbonyl (C=O) groups excluding carboxylic acids is 7. The van der Waals surface area contributed by atoms with Crippen molar-refractivity contribution in [2.24, 2.45) is 36.6 Å². The molecule has 20 nitrogen and oxygen atoms in total. The average Bonchev–Trinajstić information content (AvgIpc) is 4.06. The fourth-order valence-electron chi connectivity index (χ4n) is 9.61. The highest BCUT2D eigenvalue weighted by Gasteiger charge is 2.50. The Bertz CT molecular complexity index is 2840. The summed E-state index contributed by atoms with van der Waals surface area (Å²) in [5, 5.41) is 16.9. The molecule has 3 heterocycles. The Morgan fingerprint density at radius 2 is 1.38 bits per heavy atom. The van der Waals surface area contributed by atoms with Gasteiger partial charge in [0.05, 0.1) is 60.0 Å². The number of nitrogens with zero attached hydrogens (tertiary/aromatic N) is 4. The molecule has 0 aliphatic carbocycles. The van der Waals surface area contributed by atoms with Crippen LogP contribution in [0.2, 0.25) is 0 Å². The van der Waals surface area contributed by atoms with Gasteiger partial charge in [-0.2, -0.15) is 0 Å². The lowest BCUT2D eigenvalue weighted by Crippen LogP contribution is -2.57. The Labute approximate surface area is 470 Å². The van der Waals surface area contributed by atoms with Crippen LogP contribution in [0, 0.1) is 29.6 Å². The summed E-state index contributed by atoms with van der Waals surface area (Å²) in [5.41, 5.74) is 2.34. The van der Waals surface area contributed by atoms with Crippen molar-refractivity contribution < 1.29 is 65.2 Å². The number of rotatable bonds is 29. The predicted octanol–water partition coefficient (Wildman–Crippen LogP) is 5.26. The van der Waals surface area contributed by atoms with E-state index in [1.165, 1.54) is 4.68 Å². The van der Waals surface area contributed by atoms with E-state index in [0.717, 1.165) is 16.7 Å². The fraction of sp³-hybridized carbons (Fsp3) is 0.542. The van der Waals surface area contributed by atoms with E-state index in [2.05, 4.69) is 26.3 Å². The number of ether oxygens (including phenoxy) is 3. The van der Waals surface area contributed by atoms with Crippen molar-refractivity contribution in [1.82, 2.24) is 30.9 Å². The molecule has 21 heteroatoms. The highest BCUT2D eigenvalue weighted by Crippen LogP contribution is 2.31. The molecule has 80 heavy (non-hydrogen) atoms. The zero-order valence-corrected chi connectivity index (χ0v) is 48.6. The minimum atomic E-state index is -3.92. The lowest BCUT2D eigenvalue weighted by Gasteiger charge is -2.41. The zero-order valence-electron chi connectivity index (χ0n) is 47.7. The number of benzene rings is 3. The molecular weight excluding hydrogens is 1050 g/mol. The maximum Gasteiger partial charge on any atom is 0.313 e. The Morgan fingerprint density at radius 3 is 1.94 bits per heavy atom. The van der Waals surface area contributed by atoms with Crippen LogP contribution in [0.15, 0.2) is 85.1 Å². The largest absolute Gasteiger partial charge is 0.748 e. The molecule has 3 aromatic carbocycles. The standard InChI is InChI=1S/C58H77N7O10.CH4O3S/c1-38(2)27-49(51(67)32-45(29-42-17-13-10-14-18-42)55(70)61-50(28-39(3)4)53(68)58(7)37-74-58)60-54(69)44(21-19-41-15-11-9-12-16-41)31-47(66)36-65(23-25-73-26-24-65)35-43-20-22-52(75-57(72)40(5)6)48(30-43)56(71)59-33-46-34-64(8)63-62-46;1-5(2,3)4/h9-18,20,22,30,34,38-40,44-45,49-50H,19,21,23-29,31-33,35-37H2,1-8H3,(H2-,59,60,61,69,70,71);1H3,(H,2,3,4)/t44-,45-,49+,50+,58-;/m1./s1. The van der Waals surface area contributed by atoms with Crippen LogP contribution in [0.3, 0.4) is 0 Å². The predicted molar refractivity (Wildman–Crippen MR) is 297 cm³/mol. The van der Waals surface area contributed by atoms with E-state index in [1.807, 2.05) is 88.4 Å². The van der Waals surface area contributed by atoms with Crippen molar-refractivity contribution in [2.45, 2.75) is 124 Å². The third kappa shape index (κ3) is 21.5. The molecule has 3 amide bonds. The third-order valence-corrected chi connectivity index (χ3v) is 14.0. The molecule has 436 valence electrons. The summed E-state index contributed by atoms with van der Waals surface area (Å²) in [5.74, 6) is -4.33. The second kappa shape index (κ2) is 29.8. The van der Waals surface area contributed by atoms with E-state index < -0.39 is 69.2 Å². The molecule has 1 aromatic heterocycles. The third-order valence-electron chi connectivity index (χ3n) is 14.0. The SMILES string of the molecule is CC(C)C[C@H](NC(=O)[C@H](CCc1ccccc1)CC(=O)C[N+]1(Cc2ccc(OC(=O)C(C)C)c(C(=O)NCc3cn(C)nn3)c2)CCOCC1)C(=O)C[C@@H](Cc1ccccc1)C(=O)N[C@@H](CC(C)C)C(=O)[C@@]1(C)CO1.CS(=O)(=O)[O-]. The molecule has 0 radical (unpaired) electrons.